The quantitative estimate of drug-likeness (QED) is 0.687. The lowest BCUT2D eigenvalue weighted by Gasteiger charge is -2.16. The molecule has 0 aliphatic carbocycles. The van der Waals surface area contributed by atoms with Gasteiger partial charge in [0.2, 0.25) is 0 Å². The summed E-state index contributed by atoms with van der Waals surface area (Å²) < 4.78 is 5.38. The average molecular weight is 229 g/mol. The van der Waals surface area contributed by atoms with Crippen LogP contribution in [0.5, 0.6) is 0 Å². The van der Waals surface area contributed by atoms with E-state index in [9.17, 15) is 4.79 Å². The summed E-state index contributed by atoms with van der Waals surface area (Å²) >= 11 is 0. The average Bonchev–Trinajstić information content (AvgIpc) is 2.52. The van der Waals surface area contributed by atoms with Gasteiger partial charge in [-0.15, -0.1) is 0 Å². The van der Waals surface area contributed by atoms with E-state index < -0.39 is 0 Å². The summed E-state index contributed by atoms with van der Waals surface area (Å²) in [4.78, 5) is 12.8. The second-order valence-corrected chi connectivity index (χ2v) is 4.32. The van der Waals surface area contributed by atoms with Crippen LogP contribution in [0.2, 0.25) is 0 Å². The van der Waals surface area contributed by atoms with Crippen LogP contribution in [-0.4, -0.2) is 57.4 Å². The lowest BCUT2D eigenvalue weighted by atomic mass is 10.1. The largest absolute Gasteiger partial charge is 0.381 e. The Bertz CT molecular complexity index is 201. The fourth-order valence-electron chi connectivity index (χ4n) is 1.71. The van der Waals surface area contributed by atoms with Gasteiger partial charge in [0.1, 0.15) is 0 Å². The minimum Gasteiger partial charge on any atom is -0.381 e. The number of nitrogens with one attached hydrogen (secondary N) is 2. The third-order valence-electron chi connectivity index (χ3n) is 2.69. The Labute approximate surface area is 97.5 Å². The molecule has 0 aromatic carbocycles. The van der Waals surface area contributed by atoms with Crippen LogP contribution in [0, 0.1) is 0 Å². The van der Waals surface area contributed by atoms with Gasteiger partial charge >= 0.3 is 6.03 Å². The molecular weight excluding hydrogens is 206 g/mol. The molecule has 0 aromatic rings. The van der Waals surface area contributed by atoms with E-state index in [2.05, 4.69) is 10.6 Å². The fraction of sp³-hybridized carbons (Fsp3) is 0.909. The highest BCUT2D eigenvalue weighted by atomic mass is 16.5. The highest BCUT2D eigenvalue weighted by Gasteiger charge is 2.11. The Morgan fingerprint density at radius 2 is 2.12 bits per heavy atom. The first-order valence-corrected chi connectivity index (χ1v) is 5.96. The first-order chi connectivity index (χ1) is 7.70. The molecule has 1 aliphatic heterocycles. The molecule has 94 valence electrons. The van der Waals surface area contributed by atoms with Crippen molar-refractivity contribution in [2.75, 3.05) is 40.4 Å². The van der Waals surface area contributed by atoms with Gasteiger partial charge in [0.05, 0.1) is 0 Å². The number of carbonyl (C=O) groups excluding carboxylic acids is 1. The molecule has 16 heavy (non-hydrogen) atoms. The van der Waals surface area contributed by atoms with Crippen molar-refractivity contribution in [1.29, 1.82) is 0 Å². The van der Waals surface area contributed by atoms with Gasteiger partial charge in [-0.3, -0.25) is 0 Å². The smallest absolute Gasteiger partial charge is 0.316 e. The van der Waals surface area contributed by atoms with E-state index in [0.717, 1.165) is 32.6 Å². The molecule has 1 fully saturated rings. The van der Waals surface area contributed by atoms with Crippen molar-refractivity contribution in [2.24, 2.45) is 0 Å². The highest BCUT2D eigenvalue weighted by molar-refractivity contribution is 5.73. The molecule has 1 atom stereocenters. The first-order valence-electron chi connectivity index (χ1n) is 5.96. The van der Waals surface area contributed by atoms with Gasteiger partial charge in [-0.1, -0.05) is 0 Å². The molecule has 2 N–H and O–H groups in total. The van der Waals surface area contributed by atoms with E-state index in [0.29, 0.717) is 12.6 Å². The Kier molecular flexibility index (Phi) is 6.18. The monoisotopic (exact) mass is 229 g/mol. The summed E-state index contributed by atoms with van der Waals surface area (Å²) in [5.41, 5.74) is 0. The molecule has 1 aliphatic rings. The zero-order valence-corrected chi connectivity index (χ0v) is 10.3. The SMILES string of the molecule is CN(C)C(=O)NCCNC1CCCOCC1. The molecule has 5 heteroatoms. The number of rotatable bonds is 4. The molecule has 0 aromatic heterocycles. The van der Waals surface area contributed by atoms with Crippen LogP contribution >= 0.6 is 0 Å². The molecule has 0 saturated carbocycles. The number of hydrogen-bond acceptors (Lipinski definition) is 3. The van der Waals surface area contributed by atoms with Gasteiger partial charge in [0.15, 0.2) is 0 Å². The lowest BCUT2D eigenvalue weighted by molar-refractivity contribution is 0.142. The number of urea groups is 1. The van der Waals surface area contributed by atoms with E-state index >= 15 is 0 Å². The fourth-order valence-corrected chi connectivity index (χ4v) is 1.71. The van der Waals surface area contributed by atoms with Crippen LogP contribution in [0.4, 0.5) is 4.79 Å². The minimum atomic E-state index is -0.0361. The highest BCUT2D eigenvalue weighted by Crippen LogP contribution is 2.07. The molecule has 1 saturated heterocycles. The summed E-state index contributed by atoms with van der Waals surface area (Å²) in [7, 11) is 3.48. The van der Waals surface area contributed by atoms with Crippen molar-refractivity contribution in [3.8, 4) is 0 Å². The third-order valence-corrected chi connectivity index (χ3v) is 2.69. The van der Waals surface area contributed by atoms with E-state index in [1.807, 2.05) is 0 Å². The zero-order chi connectivity index (χ0) is 11.8. The van der Waals surface area contributed by atoms with Gasteiger partial charge in [-0.05, 0) is 19.3 Å². The van der Waals surface area contributed by atoms with Gasteiger partial charge < -0.3 is 20.3 Å². The maximum absolute atomic E-state index is 11.2. The Morgan fingerprint density at radius 3 is 2.88 bits per heavy atom. The molecule has 2 amide bonds. The van der Waals surface area contributed by atoms with Gasteiger partial charge in [0.25, 0.3) is 0 Å². The van der Waals surface area contributed by atoms with Crippen molar-refractivity contribution in [2.45, 2.75) is 25.3 Å². The number of ether oxygens (including phenoxy) is 1. The zero-order valence-electron chi connectivity index (χ0n) is 10.3. The predicted molar refractivity (Wildman–Crippen MR) is 63.5 cm³/mol. The molecule has 5 nitrogen and oxygen atoms in total. The van der Waals surface area contributed by atoms with Crippen molar-refractivity contribution in [3.05, 3.63) is 0 Å². The van der Waals surface area contributed by atoms with Crippen LogP contribution < -0.4 is 10.6 Å². The van der Waals surface area contributed by atoms with Crippen LogP contribution in [0.3, 0.4) is 0 Å². The Balaban J connectivity index is 2.03. The molecule has 0 radical (unpaired) electrons. The summed E-state index contributed by atoms with van der Waals surface area (Å²) in [5, 5.41) is 6.27. The molecule has 1 unspecified atom stereocenters. The maximum Gasteiger partial charge on any atom is 0.316 e. The summed E-state index contributed by atoms with van der Waals surface area (Å²) in [6, 6.07) is 0.504. The van der Waals surface area contributed by atoms with Crippen LogP contribution in [0.15, 0.2) is 0 Å². The molecule has 0 bridgehead atoms. The number of carbonyl (C=O) groups is 1. The van der Waals surface area contributed by atoms with Crippen molar-refractivity contribution < 1.29 is 9.53 Å². The van der Waals surface area contributed by atoms with E-state index in [1.54, 1.807) is 19.0 Å². The molecule has 1 heterocycles. The third kappa shape index (κ3) is 5.32. The second-order valence-electron chi connectivity index (χ2n) is 4.32. The maximum atomic E-state index is 11.2. The normalized spacial score (nSPS) is 21.2. The van der Waals surface area contributed by atoms with E-state index in [4.69, 9.17) is 4.74 Å². The number of nitrogens with zero attached hydrogens (tertiary/aromatic N) is 1. The van der Waals surface area contributed by atoms with Gasteiger partial charge in [-0.25, -0.2) is 4.79 Å². The molecule has 0 spiro atoms. The number of hydrogen-bond donors (Lipinski definition) is 2. The van der Waals surface area contributed by atoms with Crippen LogP contribution in [0.1, 0.15) is 19.3 Å². The first kappa shape index (κ1) is 13.3. The standard InChI is InChI=1S/C11H23N3O2/c1-14(2)11(15)13-7-6-12-10-4-3-8-16-9-5-10/h10,12H,3-9H2,1-2H3,(H,13,15). The summed E-state index contributed by atoms with van der Waals surface area (Å²) in [6.07, 6.45) is 3.37. The van der Waals surface area contributed by atoms with Crippen LogP contribution in [0.25, 0.3) is 0 Å². The molecular formula is C11H23N3O2. The lowest BCUT2D eigenvalue weighted by Crippen LogP contribution is -2.40. The van der Waals surface area contributed by atoms with E-state index in [-0.39, 0.29) is 6.03 Å². The van der Waals surface area contributed by atoms with Crippen molar-refractivity contribution in [3.63, 3.8) is 0 Å². The van der Waals surface area contributed by atoms with Gasteiger partial charge in [-0.2, -0.15) is 0 Å². The topological polar surface area (TPSA) is 53.6 Å². The summed E-state index contributed by atoms with van der Waals surface area (Å²) in [6.45, 7) is 3.23. The molecule has 1 rings (SSSR count). The van der Waals surface area contributed by atoms with E-state index in [1.165, 1.54) is 6.42 Å². The van der Waals surface area contributed by atoms with Crippen LogP contribution in [-0.2, 0) is 4.74 Å². The minimum absolute atomic E-state index is 0.0361. The second kappa shape index (κ2) is 7.46. The summed E-state index contributed by atoms with van der Waals surface area (Å²) in [5.74, 6) is 0. The Hall–Kier alpha value is -0.810. The predicted octanol–water partition coefficient (Wildman–Crippen LogP) is 0.416. The Morgan fingerprint density at radius 1 is 1.31 bits per heavy atom. The van der Waals surface area contributed by atoms with Gasteiger partial charge in [0, 0.05) is 46.4 Å². The van der Waals surface area contributed by atoms with Crippen molar-refractivity contribution >= 4 is 6.03 Å². The van der Waals surface area contributed by atoms with Crippen molar-refractivity contribution in [1.82, 2.24) is 15.5 Å². The number of amides is 2.